The van der Waals surface area contributed by atoms with Crippen molar-refractivity contribution in [3.05, 3.63) is 35.4 Å². The third-order valence-electron chi connectivity index (χ3n) is 3.22. The normalized spacial score (nSPS) is 22.4. The fourth-order valence-corrected chi connectivity index (χ4v) is 2.26. The maximum absolute atomic E-state index is 12.0. The lowest BCUT2D eigenvalue weighted by molar-refractivity contribution is -0.0207. The van der Waals surface area contributed by atoms with E-state index in [2.05, 4.69) is 0 Å². The van der Waals surface area contributed by atoms with Crippen LogP contribution in [0.3, 0.4) is 0 Å². The fourth-order valence-electron chi connectivity index (χ4n) is 2.26. The van der Waals surface area contributed by atoms with Crippen molar-refractivity contribution in [3.8, 4) is 6.07 Å². The standard InChI is InChI=1S/C14H15NO3/c1-17-12-7-4-8-13(12)18-14(16)11-6-3-2-5-10(11)9-15/h2-3,5-6,12-13H,4,7-8H2,1H3/t12-,13+/m0/s1. The summed E-state index contributed by atoms with van der Waals surface area (Å²) in [7, 11) is 1.63. The van der Waals surface area contributed by atoms with E-state index in [0.717, 1.165) is 19.3 Å². The Hall–Kier alpha value is -1.86. The molecule has 0 heterocycles. The van der Waals surface area contributed by atoms with Gasteiger partial charge in [-0.05, 0) is 31.4 Å². The van der Waals surface area contributed by atoms with Gasteiger partial charge in [-0.15, -0.1) is 0 Å². The van der Waals surface area contributed by atoms with Crippen LogP contribution >= 0.6 is 0 Å². The molecule has 2 atom stereocenters. The van der Waals surface area contributed by atoms with Crippen molar-refractivity contribution in [2.45, 2.75) is 31.5 Å². The van der Waals surface area contributed by atoms with Gasteiger partial charge in [0.1, 0.15) is 12.2 Å². The Bertz CT molecular complexity index is 478. The van der Waals surface area contributed by atoms with Gasteiger partial charge < -0.3 is 9.47 Å². The molecule has 94 valence electrons. The SMILES string of the molecule is CO[C@H]1CCC[C@H]1OC(=O)c1ccccc1C#N. The third-order valence-corrected chi connectivity index (χ3v) is 3.22. The van der Waals surface area contributed by atoms with E-state index in [-0.39, 0.29) is 12.2 Å². The maximum atomic E-state index is 12.0. The summed E-state index contributed by atoms with van der Waals surface area (Å²) in [6.45, 7) is 0. The number of esters is 1. The molecule has 0 N–H and O–H groups in total. The number of rotatable bonds is 3. The molecule has 0 bridgehead atoms. The van der Waals surface area contributed by atoms with Gasteiger partial charge in [-0.1, -0.05) is 12.1 Å². The van der Waals surface area contributed by atoms with Gasteiger partial charge in [0.2, 0.25) is 0 Å². The first-order chi connectivity index (χ1) is 8.76. The largest absolute Gasteiger partial charge is 0.456 e. The molecule has 0 aromatic heterocycles. The molecule has 1 saturated carbocycles. The molecular weight excluding hydrogens is 230 g/mol. The molecule has 0 saturated heterocycles. The van der Waals surface area contributed by atoms with Crippen LogP contribution in [0.1, 0.15) is 35.2 Å². The Morgan fingerprint density at radius 1 is 1.33 bits per heavy atom. The summed E-state index contributed by atoms with van der Waals surface area (Å²) in [4.78, 5) is 12.0. The highest BCUT2D eigenvalue weighted by molar-refractivity contribution is 5.92. The summed E-state index contributed by atoms with van der Waals surface area (Å²) < 4.78 is 10.7. The van der Waals surface area contributed by atoms with Crippen LogP contribution < -0.4 is 0 Å². The highest BCUT2D eigenvalue weighted by Crippen LogP contribution is 2.25. The van der Waals surface area contributed by atoms with Gasteiger partial charge in [-0.2, -0.15) is 5.26 Å². The molecule has 1 fully saturated rings. The van der Waals surface area contributed by atoms with Crippen LogP contribution in [-0.2, 0) is 9.47 Å². The zero-order valence-corrected chi connectivity index (χ0v) is 10.3. The van der Waals surface area contributed by atoms with E-state index in [4.69, 9.17) is 14.7 Å². The number of benzene rings is 1. The molecule has 1 aliphatic rings. The first-order valence-corrected chi connectivity index (χ1v) is 5.99. The zero-order chi connectivity index (χ0) is 13.0. The minimum absolute atomic E-state index is 0.0248. The molecule has 2 rings (SSSR count). The predicted octanol–water partition coefficient (Wildman–Crippen LogP) is 2.28. The zero-order valence-electron chi connectivity index (χ0n) is 10.3. The van der Waals surface area contributed by atoms with E-state index < -0.39 is 5.97 Å². The topological polar surface area (TPSA) is 59.3 Å². The fraction of sp³-hybridized carbons (Fsp3) is 0.429. The maximum Gasteiger partial charge on any atom is 0.339 e. The molecule has 0 spiro atoms. The van der Waals surface area contributed by atoms with Crippen molar-refractivity contribution in [2.75, 3.05) is 7.11 Å². The number of nitriles is 1. The van der Waals surface area contributed by atoms with Gasteiger partial charge >= 0.3 is 5.97 Å². The number of nitrogens with zero attached hydrogens (tertiary/aromatic N) is 1. The lowest BCUT2D eigenvalue weighted by Crippen LogP contribution is -2.28. The summed E-state index contributed by atoms with van der Waals surface area (Å²) >= 11 is 0. The summed E-state index contributed by atoms with van der Waals surface area (Å²) in [5, 5.41) is 8.94. The lowest BCUT2D eigenvalue weighted by atomic mass is 10.1. The molecular formula is C14H15NO3. The highest BCUT2D eigenvalue weighted by atomic mass is 16.6. The second-order valence-corrected chi connectivity index (χ2v) is 4.31. The van der Waals surface area contributed by atoms with Crippen molar-refractivity contribution in [1.29, 1.82) is 5.26 Å². The van der Waals surface area contributed by atoms with Crippen LogP contribution in [0.4, 0.5) is 0 Å². The number of hydrogen-bond acceptors (Lipinski definition) is 4. The summed E-state index contributed by atoms with van der Waals surface area (Å²) in [6.07, 6.45) is 2.50. The molecule has 1 aromatic rings. The van der Waals surface area contributed by atoms with Gasteiger partial charge in [-0.25, -0.2) is 4.79 Å². The van der Waals surface area contributed by atoms with Crippen LogP contribution in [0.15, 0.2) is 24.3 Å². The van der Waals surface area contributed by atoms with Crippen LogP contribution in [-0.4, -0.2) is 25.3 Å². The summed E-state index contributed by atoms with van der Waals surface area (Å²) in [5.74, 6) is -0.443. The highest BCUT2D eigenvalue weighted by Gasteiger charge is 2.31. The van der Waals surface area contributed by atoms with Crippen molar-refractivity contribution in [2.24, 2.45) is 0 Å². The first kappa shape index (κ1) is 12.6. The van der Waals surface area contributed by atoms with E-state index in [1.165, 1.54) is 0 Å². The Balaban J connectivity index is 2.10. The molecule has 0 amide bonds. The summed E-state index contributed by atoms with van der Waals surface area (Å²) in [5.41, 5.74) is 0.663. The average molecular weight is 245 g/mol. The minimum Gasteiger partial charge on any atom is -0.456 e. The Morgan fingerprint density at radius 2 is 2.06 bits per heavy atom. The van der Waals surface area contributed by atoms with Gasteiger partial charge in [0, 0.05) is 7.11 Å². The minimum atomic E-state index is -0.443. The van der Waals surface area contributed by atoms with Gasteiger partial charge in [-0.3, -0.25) is 0 Å². The molecule has 1 aromatic carbocycles. The molecule has 4 nitrogen and oxygen atoms in total. The molecule has 1 aliphatic carbocycles. The Labute approximate surface area is 106 Å². The van der Waals surface area contributed by atoms with E-state index >= 15 is 0 Å². The molecule has 0 aliphatic heterocycles. The van der Waals surface area contributed by atoms with E-state index in [0.29, 0.717) is 11.1 Å². The molecule has 0 radical (unpaired) electrons. The Morgan fingerprint density at radius 3 is 2.78 bits per heavy atom. The van der Waals surface area contributed by atoms with Crippen LogP contribution in [0, 0.1) is 11.3 Å². The number of methoxy groups -OCH3 is 1. The Kier molecular flexibility index (Phi) is 3.96. The second kappa shape index (κ2) is 5.65. The second-order valence-electron chi connectivity index (χ2n) is 4.31. The van der Waals surface area contributed by atoms with Crippen molar-refractivity contribution >= 4 is 5.97 Å². The molecule has 0 unspecified atom stereocenters. The lowest BCUT2D eigenvalue weighted by Gasteiger charge is -2.18. The van der Waals surface area contributed by atoms with Crippen LogP contribution in [0.5, 0.6) is 0 Å². The van der Waals surface area contributed by atoms with Gasteiger partial charge in [0.05, 0.1) is 17.2 Å². The number of carbonyl (C=O) groups is 1. The van der Waals surface area contributed by atoms with E-state index in [1.807, 2.05) is 6.07 Å². The third kappa shape index (κ3) is 2.52. The number of carbonyl (C=O) groups excluding carboxylic acids is 1. The van der Waals surface area contributed by atoms with Crippen molar-refractivity contribution in [3.63, 3.8) is 0 Å². The number of hydrogen-bond donors (Lipinski definition) is 0. The monoisotopic (exact) mass is 245 g/mol. The molecule has 18 heavy (non-hydrogen) atoms. The van der Waals surface area contributed by atoms with Crippen LogP contribution in [0.2, 0.25) is 0 Å². The van der Waals surface area contributed by atoms with E-state index in [1.54, 1.807) is 31.4 Å². The quantitative estimate of drug-likeness (QED) is 0.766. The number of ether oxygens (including phenoxy) is 2. The van der Waals surface area contributed by atoms with Gasteiger partial charge in [0.25, 0.3) is 0 Å². The van der Waals surface area contributed by atoms with Gasteiger partial charge in [0.15, 0.2) is 0 Å². The predicted molar refractivity (Wildman–Crippen MR) is 65.0 cm³/mol. The summed E-state index contributed by atoms with van der Waals surface area (Å²) in [6, 6.07) is 8.66. The molecule has 4 heteroatoms. The van der Waals surface area contributed by atoms with Crippen LogP contribution in [0.25, 0.3) is 0 Å². The first-order valence-electron chi connectivity index (χ1n) is 5.99. The van der Waals surface area contributed by atoms with Crippen molar-refractivity contribution in [1.82, 2.24) is 0 Å². The van der Waals surface area contributed by atoms with Crippen molar-refractivity contribution < 1.29 is 14.3 Å². The smallest absolute Gasteiger partial charge is 0.339 e. The average Bonchev–Trinajstić information content (AvgIpc) is 2.85. The van der Waals surface area contributed by atoms with E-state index in [9.17, 15) is 4.79 Å².